The number of hydrogen-bond donors (Lipinski definition) is 2. The second-order valence-electron chi connectivity index (χ2n) is 4.59. The molecule has 0 saturated carbocycles. The number of rotatable bonds is 5. The number of amides is 2. The van der Waals surface area contributed by atoms with Gasteiger partial charge in [-0.15, -0.1) is 11.3 Å². The van der Waals surface area contributed by atoms with Crippen molar-refractivity contribution in [3.63, 3.8) is 0 Å². The largest absolute Gasteiger partial charge is 0.461 e. The molecule has 3 rings (SSSR count). The van der Waals surface area contributed by atoms with Gasteiger partial charge in [-0.2, -0.15) is 0 Å². The van der Waals surface area contributed by atoms with E-state index in [1.165, 1.54) is 29.9 Å². The van der Waals surface area contributed by atoms with Gasteiger partial charge in [-0.1, -0.05) is 5.16 Å². The van der Waals surface area contributed by atoms with Crippen LogP contribution in [0.4, 0.5) is 5.82 Å². The maximum absolute atomic E-state index is 12.1. The molecule has 3 heterocycles. The number of ketones is 1. The number of nitrogens with zero attached hydrogens (tertiary/aromatic N) is 1. The maximum Gasteiger partial charge on any atom is 0.314 e. The predicted octanol–water partition coefficient (Wildman–Crippen LogP) is 1.81. The molecule has 0 fully saturated rings. The lowest BCUT2D eigenvalue weighted by Gasteiger charge is -2.02. The van der Waals surface area contributed by atoms with Crippen LogP contribution in [0.1, 0.15) is 20.3 Å². The van der Waals surface area contributed by atoms with Crippen LogP contribution in [0.2, 0.25) is 0 Å². The molecule has 0 bridgehead atoms. The van der Waals surface area contributed by atoms with Gasteiger partial charge in [0.15, 0.2) is 11.6 Å². The summed E-state index contributed by atoms with van der Waals surface area (Å²) in [5.41, 5.74) is 0. The van der Waals surface area contributed by atoms with E-state index in [-0.39, 0.29) is 23.9 Å². The zero-order valence-electron chi connectivity index (χ0n) is 12.1. The standard InChI is InChI=1S/C15H11N3O5S/c19-13(10-2-1-6-22-10)11-4-3-9(24-11)8-16-14(20)15(21)17-12-5-7-23-18-12/h1-7H,8H2,(H,16,20)(H,17,18,21). The van der Waals surface area contributed by atoms with E-state index < -0.39 is 11.8 Å². The fourth-order valence-corrected chi connectivity index (χ4v) is 2.71. The minimum absolute atomic E-state index is 0.126. The molecular weight excluding hydrogens is 334 g/mol. The monoisotopic (exact) mass is 345 g/mol. The number of carbonyl (C=O) groups is 3. The summed E-state index contributed by atoms with van der Waals surface area (Å²) in [6.07, 6.45) is 2.70. The Morgan fingerprint density at radius 1 is 1.08 bits per heavy atom. The smallest absolute Gasteiger partial charge is 0.314 e. The molecule has 0 spiro atoms. The first-order chi connectivity index (χ1) is 11.6. The molecule has 0 aliphatic heterocycles. The molecule has 2 amide bonds. The molecule has 122 valence electrons. The van der Waals surface area contributed by atoms with Gasteiger partial charge in [0.2, 0.25) is 5.78 Å². The van der Waals surface area contributed by atoms with Crippen molar-refractivity contribution in [3.05, 3.63) is 58.4 Å². The van der Waals surface area contributed by atoms with E-state index in [1.54, 1.807) is 24.3 Å². The Morgan fingerprint density at radius 3 is 2.67 bits per heavy atom. The molecule has 0 saturated heterocycles. The fraction of sp³-hybridized carbons (Fsp3) is 0.0667. The van der Waals surface area contributed by atoms with Crippen molar-refractivity contribution in [1.29, 1.82) is 0 Å². The highest BCUT2D eigenvalue weighted by Gasteiger charge is 2.17. The maximum atomic E-state index is 12.1. The van der Waals surface area contributed by atoms with Crippen LogP contribution in [0.5, 0.6) is 0 Å². The van der Waals surface area contributed by atoms with Gasteiger partial charge in [0.05, 0.1) is 17.7 Å². The zero-order valence-corrected chi connectivity index (χ0v) is 13.0. The lowest BCUT2D eigenvalue weighted by atomic mass is 10.2. The number of nitrogens with one attached hydrogen (secondary N) is 2. The third kappa shape index (κ3) is 3.58. The molecule has 0 radical (unpaired) electrons. The summed E-state index contributed by atoms with van der Waals surface area (Å²) < 4.78 is 9.61. The van der Waals surface area contributed by atoms with E-state index in [9.17, 15) is 14.4 Å². The number of anilines is 1. The fourth-order valence-electron chi connectivity index (χ4n) is 1.82. The summed E-state index contributed by atoms with van der Waals surface area (Å²) in [4.78, 5) is 36.7. The number of carbonyl (C=O) groups excluding carboxylic acids is 3. The van der Waals surface area contributed by atoms with E-state index in [0.717, 1.165) is 4.88 Å². The van der Waals surface area contributed by atoms with Crippen molar-refractivity contribution >= 4 is 34.8 Å². The van der Waals surface area contributed by atoms with Gasteiger partial charge in [-0.25, -0.2) is 0 Å². The predicted molar refractivity (Wildman–Crippen MR) is 83.4 cm³/mol. The van der Waals surface area contributed by atoms with Crippen molar-refractivity contribution < 1.29 is 23.3 Å². The molecule has 0 atom stereocenters. The lowest BCUT2D eigenvalue weighted by Crippen LogP contribution is -2.34. The molecule has 8 nitrogen and oxygen atoms in total. The number of thiophene rings is 1. The average Bonchev–Trinajstić information content (AvgIpc) is 3.33. The summed E-state index contributed by atoms with van der Waals surface area (Å²) in [5, 5.41) is 8.22. The quantitative estimate of drug-likeness (QED) is 0.538. The molecule has 3 aromatic rings. The average molecular weight is 345 g/mol. The highest BCUT2D eigenvalue weighted by atomic mass is 32.1. The van der Waals surface area contributed by atoms with Gasteiger partial charge < -0.3 is 14.3 Å². The lowest BCUT2D eigenvalue weighted by molar-refractivity contribution is -0.136. The van der Waals surface area contributed by atoms with Crippen LogP contribution in [-0.2, 0) is 16.1 Å². The molecule has 24 heavy (non-hydrogen) atoms. The van der Waals surface area contributed by atoms with Crippen molar-refractivity contribution in [2.24, 2.45) is 0 Å². The number of aromatic nitrogens is 1. The highest BCUT2D eigenvalue weighted by molar-refractivity contribution is 7.14. The van der Waals surface area contributed by atoms with Crippen LogP contribution in [-0.4, -0.2) is 22.8 Å². The minimum Gasteiger partial charge on any atom is -0.461 e. The Bertz CT molecular complexity index is 852. The van der Waals surface area contributed by atoms with Gasteiger partial charge in [-0.05, 0) is 24.3 Å². The Hall–Kier alpha value is -3.20. The van der Waals surface area contributed by atoms with E-state index in [4.69, 9.17) is 4.42 Å². The van der Waals surface area contributed by atoms with Crippen LogP contribution >= 0.6 is 11.3 Å². The van der Waals surface area contributed by atoms with E-state index in [0.29, 0.717) is 4.88 Å². The zero-order chi connectivity index (χ0) is 16.9. The van der Waals surface area contributed by atoms with E-state index in [2.05, 4.69) is 20.3 Å². The van der Waals surface area contributed by atoms with Crippen molar-refractivity contribution in [1.82, 2.24) is 10.5 Å². The number of furan rings is 1. The summed E-state index contributed by atoms with van der Waals surface area (Å²) in [6, 6.07) is 7.98. The van der Waals surface area contributed by atoms with Gasteiger partial charge >= 0.3 is 11.8 Å². The van der Waals surface area contributed by atoms with Crippen LogP contribution in [0.15, 0.2) is 51.8 Å². The normalized spacial score (nSPS) is 10.3. The Balaban J connectivity index is 1.54. The van der Waals surface area contributed by atoms with Crippen LogP contribution in [0.3, 0.4) is 0 Å². The first kappa shape index (κ1) is 15.7. The second kappa shape index (κ2) is 6.92. The molecule has 0 aliphatic carbocycles. The first-order valence-corrected chi connectivity index (χ1v) is 7.61. The molecule has 0 aromatic carbocycles. The molecule has 0 aliphatic rings. The molecular formula is C15H11N3O5S. The third-order valence-corrected chi connectivity index (χ3v) is 4.02. The Morgan fingerprint density at radius 2 is 1.96 bits per heavy atom. The van der Waals surface area contributed by atoms with Crippen LogP contribution in [0.25, 0.3) is 0 Å². The van der Waals surface area contributed by atoms with E-state index in [1.807, 2.05) is 0 Å². The summed E-state index contributed by atoms with van der Waals surface area (Å²) >= 11 is 1.21. The Kier molecular flexibility index (Phi) is 4.52. The minimum atomic E-state index is -0.854. The number of hydrogen-bond acceptors (Lipinski definition) is 7. The van der Waals surface area contributed by atoms with Crippen molar-refractivity contribution in [2.75, 3.05) is 5.32 Å². The van der Waals surface area contributed by atoms with E-state index >= 15 is 0 Å². The third-order valence-electron chi connectivity index (χ3n) is 2.94. The van der Waals surface area contributed by atoms with Crippen molar-refractivity contribution in [2.45, 2.75) is 6.54 Å². The summed E-state index contributed by atoms with van der Waals surface area (Å²) in [5.74, 6) is -1.50. The topological polar surface area (TPSA) is 114 Å². The van der Waals surface area contributed by atoms with Crippen LogP contribution in [0, 0.1) is 0 Å². The second-order valence-corrected chi connectivity index (χ2v) is 5.76. The SMILES string of the molecule is O=C(NCc1ccc(C(=O)c2ccco2)s1)C(=O)Nc1ccon1. The summed E-state index contributed by atoms with van der Waals surface area (Å²) in [6.45, 7) is 0.126. The first-order valence-electron chi connectivity index (χ1n) is 6.80. The molecule has 9 heteroatoms. The van der Waals surface area contributed by atoms with Gasteiger partial charge in [0.25, 0.3) is 0 Å². The summed E-state index contributed by atoms with van der Waals surface area (Å²) in [7, 11) is 0. The highest BCUT2D eigenvalue weighted by Crippen LogP contribution is 2.20. The molecule has 0 unspecified atom stereocenters. The Labute approximate surface area is 139 Å². The molecule has 3 aromatic heterocycles. The van der Waals surface area contributed by atoms with Gasteiger partial charge in [0, 0.05) is 10.9 Å². The molecule has 2 N–H and O–H groups in total. The van der Waals surface area contributed by atoms with Crippen LogP contribution < -0.4 is 10.6 Å². The van der Waals surface area contributed by atoms with Gasteiger partial charge in [0.1, 0.15) is 6.26 Å². The van der Waals surface area contributed by atoms with Gasteiger partial charge in [-0.3, -0.25) is 19.7 Å². The van der Waals surface area contributed by atoms with Crippen molar-refractivity contribution in [3.8, 4) is 0 Å².